The van der Waals surface area contributed by atoms with Crippen molar-refractivity contribution in [3.8, 4) is 0 Å². The minimum atomic E-state index is -3.43. The summed E-state index contributed by atoms with van der Waals surface area (Å²) in [5.41, 5.74) is 1.06. The van der Waals surface area contributed by atoms with Crippen molar-refractivity contribution in [3.63, 3.8) is 0 Å². The normalized spacial score (nSPS) is 12.5. The minimum absolute atomic E-state index is 0.0558. The van der Waals surface area contributed by atoms with Crippen LogP contribution in [-0.4, -0.2) is 32.4 Å². The number of aryl methyl sites for hydroxylation is 1. The number of anilines is 1. The van der Waals surface area contributed by atoms with Gasteiger partial charge in [0, 0.05) is 18.5 Å². The van der Waals surface area contributed by atoms with Gasteiger partial charge in [0.15, 0.2) is 21.5 Å². The molecule has 2 aromatic carbocycles. The zero-order chi connectivity index (χ0) is 19.5. The summed E-state index contributed by atoms with van der Waals surface area (Å²) in [6.45, 7) is 1.44. The number of urea groups is 1. The van der Waals surface area contributed by atoms with Gasteiger partial charge in [0.25, 0.3) is 0 Å². The van der Waals surface area contributed by atoms with Crippen LogP contribution in [0.15, 0.2) is 41.3 Å². The van der Waals surface area contributed by atoms with E-state index < -0.39 is 33.6 Å². The van der Waals surface area contributed by atoms with E-state index in [1.54, 1.807) is 13.0 Å². The number of sulfone groups is 1. The van der Waals surface area contributed by atoms with Gasteiger partial charge in [-0.05, 0) is 42.3 Å². The summed E-state index contributed by atoms with van der Waals surface area (Å²) in [7, 11) is -3.43. The molecule has 0 aliphatic rings. The standard InChI is InChI=1S/C17H18F2N2O4S/c1-10-3-5-12(26(2,24)25)8-15(10)21-17(23)20-9-16(22)11-4-6-13(18)14(19)7-11/h3-8,16,22H,9H2,1-2H3,(H2,20,21,23)/t16-/m1/s1. The van der Waals surface area contributed by atoms with E-state index in [0.29, 0.717) is 11.3 Å². The van der Waals surface area contributed by atoms with Crippen LogP contribution in [0.3, 0.4) is 0 Å². The number of rotatable bonds is 5. The molecule has 9 heteroatoms. The Hall–Kier alpha value is -2.52. The van der Waals surface area contributed by atoms with Gasteiger partial charge in [-0.25, -0.2) is 22.0 Å². The number of hydrogen-bond acceptors (Lipinski definition) is 4. The number of hydrogen-bond donors (Lipinski definition) is 3. The SMILES string of the molecule is Cc1ccc(S(C)(=O)=O)cc1NC(=O)NC[C@@H](O)c1ccc(F)c(F)c1. The summed E-state index contributed by atoms with van der Waals surface area (Å²) in [6.07, 6.45) is -0.181. The van der Waals surface area contributed by atoms with E-state index in [1.165, 1.54) is 18.2 Å². The van der Waals surface area contributed by atoms with Crippen LogP contribution in [0, 0.1) is 18.6 Å². The topological polar surface area (TPSA) is 95.5 Å². The lowest BCUT2D eigenvalue weighted by Gasteiger charge is -2.14. The predicted octanol–water partition coefficient (Wildman–Crippen LogP) is 2.53. The molecule has 2 rings (SSSR count). The highest BCUT2D eigenvalue weighted by molar-refractivity contribution is 7.90. The van der Waals surface area contributed by atoms with Crippen LogP contribution in [0.25, 0.3) is 0 Å². The highest BCUT2D eigenvalue weighted by Gasteiger charge is 2.14. The number of carbonyl (C=O) groups excluding carboxylic acids is 1. The quantitative estimate of drug-likeness (QED) is 0.738. The zero-order valence-corrected chi connectivity index (χ0v) is 14.9. The van der Waals surface area contributed by atoms with E-state index >= 15 is 0 Å². The van der Waals surface area contributed by atoms with Crippen molar-refractivity contribution in [2.24, 2.45) is 0 Å². The molecular formula is C17H18F2N2O4S. The molecule has 0 aliphatic heterocycles. The fourth-order valence-electron chi connectivity index (χ4n) is 2.16. The molecule has 0 unspecified atom stereocenters. The molecule has 140 valence electrons. The van der Waals surface area contributed by atoms with E-state index in [0.717, 1.165) is 18.4 Å². The van der Waals surface area contributed by atoms with Crippen molar-refractivity contribution >= 4 is 21.6 Å². The van der Waals surface area contributed by atoms with Crippen molar-refractivity contribution in [2.45, 2.75) is 17.9 Å². The summed E-state index contributed by atoms with van der Waals surface area (Å²) in [4.78, 5) is 12.0. The maximum Gasteiger partial charge on any atom is 0.319 e. The molecule has 0 heterocycles. The summed E-state index contributed by atoms with van der Waals surface area (Å²) in [6, 6.07) is 6.58. The van der Waals surface area contributed by atoms with Gasteiger partial charge in [-0.2, -0.15) is 0 Å². The van der Waals surface area contributed by atoms with Crippen molar-refractivity contribution < 1.29 is 27.1 Å². The first kappa shape index (κ1) is 19.8. The molecule has 0 saturated heterocycles. The lowest BCUT2D eigenvalue weighted by Crippen LogP contribution is -2.32. The molecular weight excluding hydrogens is 366 g/mol. The van der Waals surface area contributed by atoms with E-state index in [2.05, 4.69) is 10.6 Å². The van der Waals surface area contributed by atoms with Gasteiger partial charge >= 0.3 is 6.03 Å². The number of amides is 2. The molecule has 1 atom stereocenters. The molecule has 2 amide bonds. The fraction of sp³-hybridized carbons (Fsp3) is 0.235. The van der Waals surface area contributed by atoms with Gasteiger partial charge in [0.05, 0.1) is 11.0 Å². The average molecular weight is 384 g/mol. The van der Waals surface area contributed by atoms with Crippen LogP contribution in [0.4, 0.5) is 19.3 Å². The Labute approximate surface area is 149 Å². The molecule has 0 radical (unpaired) electrons. The second kappa shape index (κ2) is 7.79. The number of aliphatic hydroxyl groups is 1. The first-order chi connectivity index (χ1) is 12.1. The highest BCUT2D eigenvalue weighted by Crippen LogP contribution is 2.20. The van der Waals surface area contributed by atoms with Gasteiger partial charge < -0.3 is 15.7 Å². The van der Waals surface area contributed by atoms with Gasteiger partial charge in [-0.15, -0.1) is 0 Å². The van der Waals surface area contributed by atoms with Gasteiger partial charge in [0.2, 0.25) is 0 Å². The second-order valence-electron chi connectivity index (χ2n) is 5.77. The smallest absolute Gasteiger partial charge is 0.319 e. The summed E-state index contributed by atoms with van der Waals surface area (Å²) in [5.74, 6) is -2.13. The molecule has 26 heavy (non-hydrogen) atoms. The third kappa shape index (κ3) is 4.99. The molecule has 3 N–H and O–H groups in total. The number of benzene rings is 2. The molecule has 6 nitrogen and oxygen atoms in total. The molecule has 0 fully saturated rings. The maximum atomic E-state index is 13.2. The Balaban J connectivity index is 2.01. The van der Waals surface area contributed by atoms with Crippen LogP contribution in [0.5, 0.6) is 0 Å². The first-order valence-electron chi connectivity index (χ1n) is 7.56. The molecule has 0 aromatic heterocycles. The molecule has 0 saturated carbocycles. The van der Waals surface area contributed by atoms with Crippen molar-refractivity contribution in [3.05, 3.63) is 59.2 Å². The Morgan fingerprint density at radius 2 is 1.85 bits per heavy atom. The number of carbonyl (C=O) groups is 1. The summed E-state index contributed by atoms with van der Waals surface area (Å²) >= 11 is 0. The Morgan fingerprint density at radius 1 is 1.15 bits per heavy atom. The minimum Gasteiger partial charge on any atom is -0.387 e. The van der Waals surface area contributed by atoms with Crippen molar-refractivity contribution in [2.75, 3.05) is 18.1 Å². The average Bonchev–Trinajstić information content (AvgIpc) is 2.56. The monoisotopic (exact) mass is 384 g/mol. The van der Waals surface area contributed by atoms with E-state index in [9.17, 15) is 27.1 Å². The Bertz CT molecular complexity index is 932. The number of nitrogens with one attached hydrogen (secondary N) is 2. The first-order valence-corrected chi connectivity index (χ1v) is 9.45. The van der Waals surface area contributed by atoms with Gasteiger partial charge in [-0.1, -0.05) is 12.1 Å². The summed E-state index contributed by atoms with van der Waals surface area (Å²) < 4.78 is 49.2. The van der Waals surface area contributed by atoms with Crippen LogP contribution in [0.2, 0.25) is 0 Å². The Morgan fingerprint density at radius 3 is 2.46 bits per heavy atom. The molecule has 0 bridgehead atoms. The van der Waals surface area contributed by atoms with Gasteiger partial charge in [0.1, 0.15) is 0 Å². The lowest BCUT2D eigenvalue weighted by atomic mass is 10.1. The number of aliphatic hydroxyl groups excluding tert-OH is 1. The summed E-state index contributed by atoms with van der Waals surface area (Å²) in [5, 5.41) is 14.8. The van der Waals surface area contributed by atoms with Crippen LogP contribution < -0.4 is 10.6 Å². The Kier molecular flexibility index (Phi) is 5.94. The van der Waals surface area contributed by atoms with Crippen LogP contribution >= 0.6 is 0 Å². The van der Waals surface area contributed by atoms with E-state index in [1.807, 2.05) is 0 Å². The zero-order valence-electron chi connectivity index (χ0n) is 14.1. The van der Waals surface area contributed by atoms with Crippen LogP contribution in [0.1, 0.15) is 17.2 Å². The largest absolute Gasteiger partial charge is 0.387 e. The molecule has 0 aliphatic carbocycles. The van der Waals surface area contributed by atoms with Crippen molar-refractivity contribution in [1.82, 2.24) is 5.32 Å². The van der Waals surface area contributed by atoms with Crippen LogP contribution in [-0.2, 0) is 9.84 Å². The van der Waals surface area contributed by atoms with Crippen molar-refractivity contribution in [1.29, 1.82) is 0 Å². The fourth-order valence-corrected chi connectivity index (χ4v) is 2.81. The highest BCUT2D eigenvalue weighted by atomic mass is 32.2. The maximum absolute atomic E-state index is 13.2. The second-order valence-corrected chi connectivity index (χ2v) is 7.79. The molecule has 2 aromatic rings. The number of halogens is 2. The predicted molar refractivity (Wildman–Crippen MR) is 92.6 cm³/mol. The van der Waals surface area contributed by atoms with E-state index in [4.69, 9.17) is 0 Å². The lowest BCUT2D eigenvalue weighted by molar-refractivity contribution is 0.174. The third-order valence-corrected chi connectivity index (χ3v) is 4.78. The third-order valence-electron chi connectivity index (χ3n) is 3.67. The van der Waals surface area contributed by atoms with E-state index in [-0.39, 0.29) is 17.0 Å². The van der Waals surface area contributed by atoms with Gasteiger partial charge in [-0.3, -0.25) is 0 Å². The molecule has 0 spiro atoms.